The van der Waals surface area contributed by atoms with Gasteiger partial charge in [0.15, 0.2) is 0 Å². The third kappa shape index (κ3) is 3.88. The van der Waals surface area contributed by atoms with Crippen molar-refractivity contribution < 1.29 is 4.74 Å². The van der Waals surface area contributed by atoms with Gasteiger partial charge < -0.3 is 4.74 Å². The lowest BCUT2D eigenvalue weighted by Gasteiger charge is -2.22. The van der Waals surface area contributed by atoms with Crippen molar-refractivity contribution in [3.63, 3.8) is 0 Å². The lowest BCUT2D eigenvalue weighted by molar-refractivity contribution is 0.122. The number of rotatable bonds is 4. The molecule has 120 valence electrons. The van der Waals surface area contributed by atoms with Crippen LogP contribution in [-0.4, -0.2) is 15.6 Å². The third-order valence-electron chi connectivity index (χ3n) is 3.57. The first-order chi connectivity index (χ1) is 10.9. The van der Waals surface area contributed by atoms with E-state index in [9.17, 15) is 0 Å². The lowest BCUT2D eigenvalue weighted by atomic mass is 10.1. The van der Waals surface area contributed by atoms with Gasteiger partial charge in [-0.2, -0.15) is 0 Å². The van der Waals surface area contributed by atoms with Crippen molar-refractivity contribution >= 4 is 22.4 Å². The Morgan fingerprint density at radius 3 is 2.30 bits per heavy atom. The lowest BCUT2D eigenvalue weighted by Crippen LogP contribution is -2.24. The fourth-order valence-corrected chi connectivity index (χ4v) is 3.36. The van der Waals surface area contributed by atoms with E-state index in [0.717, 1.165) is 29.6 Å². The predicted octanol–water partition coefficient (Wildman–Crippen LogP) is 4.96. The van der Waals surface area contributed by atoms with Crippen LogP contribution in [0.4, 0.5) is 0 Å². The molecule has 3 nitrogen and oxygen atoms in total. The highest BCUT2D eigenvalue weighted by molar-refractivity contribution is 7.10. The van der Waals surface area contributed by atoms with Crippen molar-refractivity contribution in [3.8, 4) is 5.88 Å². The Labute approximate surface area is 141 Å². The van der Waals surface area contributed by atoms with Gasteiger partial charge in [0.2, 0.25) is 5.88 Å². The number of thiophene rings is 1. The third-order valence-corrected chi connectivity index (χ3v) is 4.65. The molecule has 0 amide bonds. The van der Waals surface area contributed by atoms with E-state index in [-0.39, 0.29) is 5.60 Å². The second kappa shape index (κ2) is 6.28. The van der Waals surface area contributed by atoms with Crippen LogP contribution in [0.25, 0.3) is 11.0 Å². The molecule has 0 aliphatic heterocycles. The maximum Gasteiger partial charge on any atom is 0.236 e. The van der Waals surface area contributed by atoms with E-state index in [1.54, 1.807) is 11.3 Å². The van der Waals surface area contributed by atoms with Gasteiger partial charge in [0.25, 0.3) is 0 Å². The van der Waals surface area contributed by atoms with E-state index in [1.165, 1.54) is 10.4 Å². The Morgan fingerprint density at radius 1 is 1.00 bits per heavy atom. The molecule has 0 bridgehead atoms. The Hall–Kier alpha value is -1.94. The van der Waals surface area contributed by atoms with Crippen molar-refractivity contribution in [2.45, 2.75) is 46.1 Å². The van der Waals surface area contributed by atoms with Crippen molar-refractivity contribution in [3.05, 3.63) is 51.8 Å². The van der Waals surface area contributed by atoms with Crippen molar-refractivity contribution in [1.29, 1.82) is 0 Å². The Balaban J connectivity index is 1.95. The molecule has 0 saturated carbocycles. The first-order valence-corrected chi connectivity index (χ1v) is 8.78. The minimum Gasteiger partial charge on any atom is -0.471 e. The number of aromatic nitrogens is 2. The minimum absolute atomic E-state index is 0.287. The number of ether oxygens (including phenoxy) is 1. The zero-order chi connectivity index (χ0) is 16.4. The van der Waals surface area contributed by atoms with Gasteiger partial charge in [0.05, 0.1) is 11.0 Å². The molecular weight excluding hydrogens is 304 g/mol. The minimum atomic E-state index is -0.287. The topological polar surface area (TPSA) is 35.0 Å². The normalized spacial score (nSPS) is 11.8. The van der Waals surface area contributed by atoms with Crippen LogP contribution in [0, 0.1) is 6.92 Å². The van der Waals surface area contributed by atoms with E-state index in [0.29, 0.717) is 5.88 Å². The highest BCUT2D eigenvalue weighted by atomic mass is 32.1. The maximum absolute atomic E-state index is 6.07. The van der Waals surface area contributed by atoms with Gasteiger partial charge in [-0.25, -0.2) is 9.97 Å². The summed E-state index contributed by atoms with van der Waals surface area (Å²) in [6.07, 6.45) is 1.81. The molecule has 0 saturated heterocycles. The molecule has 0 aliphatic carbocycles. The molecular formula is C19H22N2OS. The number of benzene rings is 1. The van der Waals surface area contributed by atoms with E-state index in [1.807, 2.05) is 45.0 Å². The van der Waals surface area contributed by atoms with Gasteiger partial charge in [-0.05, 0) is 69.7 Å². The molecule has 0 aliphatic rings. The molecule has 23 heavy (non-hydrogen) atoms. The largest absolute Gasteiger partial charge is 0.471 e. The molecule has 0 spiro atoms. The number of para-hydroxylation sites is 2. The summed E-state index contributed by atoms with van der Waals surface area (Å²) in [6.45, 7) is 8.27. The molecule has 1 aromatic carbocycles. The van der Waals surface area contributed by atoms with E-state index in [2.05, 4.69) is 18.4 Å². The molecule has 3 aromatic rings. The molecule has 0 fully saturated rings. The number of fused-ring (bicyclic) bond motifs is 1. The van der Waals surface area contributed by atoms with Gasteiger partial charge in [0, 0.05) is 4.88 Å². The molecule has 0 unspecified atom stereocenters. The summed E-state index contributed by atoms with van der Waals surface area (Å²) in [5.41, 5.74) is 3.80. The van der Waals surface area contributed by atoms with E-state index in [4.69, 9.17) is 14.7 Å². The second-order valence-electron chi connectivity index (χ2n) is 6.71. The van der Waals surface area contributed by atoms with Gasteiger partial charge in [-0.15, -0.1) is 11.3 Å². The first kappa shape index (κ1) is 15.9. The predicted molar refractivity (Wildman–Crippen MR) is 96.4 cm³/mol. The molecule has 0 atom stereocenters. The van der Waals surface area contributed by atoms with Crippen LogP contribution in [0.15, 0.2) is 35.7 Å². The summed E-state index contributed by atoms with van der Waals surface area (Å²) in [6, 6.07) is 10.1. The monoisotopic (exact) mass is 326 g/mol. The highest BCUT2D eigenvalue weighted by Gasteiger charge is 2.18. The number of hydrogen-bond donors (Lipinski definition) is 0. The molecule has 0 N–H and O–H groups in total. The molecule has 2 aromatic heterocycles. The number of aryl methyl sites for hydroxylation is 3. The van der Waals surface area contributed by atoms with Crippen molar-refractivity contribution in [2.75, 3.05) is 0 Å². The fraction of sp³-hybridized carbons (Fsp3) is 0.368. The zero-order valence-electron chi connectivity index (χ0n) is 14.1. The molecule has 2 heterocycles. The standard InChI is InChI=1S/C19H22N2OS/c1-13-11-12-23-17(13)10-9-16-18(22-19(2,3)4)21-15-8-6-5-7-14(15)20-16/h5-8,11-12H,9-10H2,1-4H3. The SMILES string of the molecule is Cc1ccsc1CCc1nc2ccccc2nc1OC(C)(C)C. The maximum atomic E-state index is 6.07. The second-order valence-corrected chi connectivity index (χ2v) is 7.71. The van der Waals surface area contributed by atoms with Crippen LogP contribution in [0.2, 0.25) is 0 Å². The fourth-order valence-electron chi connectivity index (χ4n) is 2.45. The highest BCUT2D eigenvalue weighted by Crippen LogP contribution is 2.25. The van der Waals surface area contributed by atoms with Gasteiger partial charge in [-0.1, -0.05) is 12.1 Å². The summed E-state index contributed by atoms with van der Waals surface area (Å²) in [5.74, 6) is 0.658. The van der Waals surface area contributed by atoms with Crippen LogP contribution in [-0.2, 0) is 12.8 Å². The van der Waals surface area contributed by atoms with Crippen molar-refractivity contribution in [2.24, 2.45) is 0 Å². The summed E-state index contributed by atoms with van der Waals surface area (Å²) in [5, 5.41) is 2.14. The quantitative estimate of drug-likeness (QED) is 0.679. The molecule has 3 rings (SSSR count). The van der Waals surface area contributed by atoms with Crippen LogP contribution >= 0.6 is 11.3 Å². The summed E-state index contributed by atoms with van der Waals surface area (Å²) in [4.78, 5) is 10.9. The van der Waals surface area contributed by atoms with Crippen LogP contribution in [0.3, 0.4) is 0 Å². The smallest absolute Gasteiger partial charge is 0.236 e. The van der Waals surface area contributed by atoms with Crippen LogP contribution < -0.4 is 4.74 Å². The molecule has 4 heteroatoms. The number of hydrogen-bond acceptors (Lipinski definition) is 4. The summed E-state index contributed by atoms with van der Waals surface area (Å²) >= 11 is 1.80. The summed E-state index contributed by atoms with van der Waals surface area (Å²) in [7, 11) is 0. The Kier molecular flexibility index (Phi) is 4.35. The average molecular weight is 326 g/mol. The van der Waals surface area contributed by atoms with Gasteiger partial charge in [0.1, 0.15) is 11.3 Å². The Morgan fingerprint density at radius 2 is 1.70 bits per heavy atom. The van der Waals surface area contributed by atoms with Gasteiger partial charge >= 0.3 is 0 Å². The van der Waals surface area contributed by atoms with Crippen LogP contribution in [0.5, 0.6) is 5.88 Å². The van der Waals surface area contributed by atoms with Crippen molar-refractivity contribution in [1.82, 2.24) is 9.97 Å². The number of nitrogens with zero attached hydrogens (tertiary/aromatic N) is 2. The zero-order valence-corrected chi connectivity index (χ0v) is 14.9. The van der Waals surface area contributed by atoms with Crippen LogP contribution in [0.1, 0.15) is 36.9 Å². The first-order valence-electron chi connectivity index (χ1n) is 7.90. The summed E-state index contributed by atoms with van der Waals surface area (Å²) < 4.78 is 6.07. The van der Waals surface area contributed by atoms with E-state index < -0.39 is 0 Å². The molecule has 0 radical (unpaired) electrons. The van der Waals surface area contributed by atoms with Gasteiger partial charge in [-0.3, -0.25) is 0 Å². The van der Waals surface area contributed by atoms with E-state index >= 15 is 0 Å². The average Bonchev–Trinajstić information content (AvgIpc) is 2.89. The Bertz CT molecular complexity index is 818.